The number of anilines is 1. The largest absolute Gasteiger partial charge is 0.496 e. The highest BCUT2D eigenvalue weighted by Gasteiger charge is 2.23. The molecule has 7 nitrogen and oxygen atoms in total. The Morgan fingerprint density at radius 3 is 2.77 bits per heavy atom. The molecular weight excluding hydrogens is 390 g/mol. The number of aryl methyl sites for hydroxylation is 1. The van der Waals surface area contributed by atoms with Gasteiger partial charge in [-0.3, -0.25) is 4.57 Å². The van der Waals surface area contributed by atoms with Gasteiger partial charge in [0.05, 0.1) is 25.5 Å². The summed E-state index contributed by atoms with van der Waals surface area (Å²) in [5.41, 5.74) is 4.05. The van der Waals surface area contributed by atoms with Gasteiger partial charge in [-0.05, 0) is 43.0 Å². The second-order valence-corrected chi connectivity index (χ2v) is 7.86. The molecule has 0 saturated heterocycles. The van der Waals surface area contributed by atoms with Crippen LogP contribution in [0.5, 0.6) is 5.75 Å². The first-order valence-electron chi connectivity index (χ1n) is 10.6. The van der Waals surface area contributed by atoms with Crippen LogP contribution < -0.4 is 15.7 Å². The molecule has 2 aromatic carbocycles. The highest BCUT2D eigenvalue weighted by atomic mass is 16.5. The molecule has 0 amide bonds. The molecule has 158 valence electrons. The first-order chi connectivity index (χ1) is 15.2. The number of ether oxygens (including phenoxy) is 1. The molecule has 31 heavy (non-hydrogen) atoms. The zero-order valence-corrected chi connectivity index (χ0v) is 17.7. The van der Waals surface area contributed by atoms with Gasteiger partial charge in [0.1, 0.15) is 11.3 Å². The lowest BCUT2D eigenvalue weighted by Gasteiger charge is -2.09. The van der Waals surface area contributed by atoms with E-state index in [4.69, 9.17) is 9.72 Å². The van der Waals surface area contributed by atoms with Crippen molar-refractivity contribution in [1.29, 1.82) is 0 Å². The summed E-state index contributed by atoms with van der Waals surface area (Å²) >= 11 is 0. The summed E-state index contributed by atoms with van der Waals surface area (Å²) in [6.07, 6.45) is 4.89. The van der Waals surface area contributed by atoms with Gasteiger partial charge >= 0.3 is 5.69 Å². The molecule has 1 aliphatic carbocycles. The summed E-state index contributed by atoms with van der Waals surface area (Å²) in [6, 6.07) is 16.2. The van der Waals surface area contributed by atoms with Crippen LogP contribution in [0.3, 0.4) is 0 Å². The van der Waals surface area contributed by atoms with Crippen molar-refractivity contribution in [3.8, 4) is 11.4 Å². The second-order valence-electron chi connectivity index (χ2n) is 7.86. The smallest absolute Gasteiger partial charge is 0.335 e. The Balaban J connectivity index is 1.70. The minimum absolute atomic E-state index is 0.146. The van der Waals surface area contributed by atoms with Gasteiger partial charge in [0.15, 0.2) is 5.65 Å². The second kappa shape index (κ2) is 7.91. The van der Waals surface area contributed by atoms with Crippen LogP contribution in [0.1, 0.15) is 30.9 Å². The summed E-state index contributed by atoms with van der Waals surface area (Å²) in [5, 5.41) is 3.34. The molecule has 0 spiro atoms. The number of imidazole rings is 1. The third-order valence-electron chi connectivity index (χ3n) is 5.68. The number of nitrogens with zero attached hydrogens (tertiary/aromatic N) is 4. The van der Waals surface area contributed by atoms with Crippen LogP contribution in [0.4, 0.5) is 5.95 Å². The zero-order valence-electron chi connectivity index (χ0n) is 17.7. The van der Waals surface area contributed by atoms with Crippen molar-refractivity contribution in [1.82, 2.24) is 19.1 Å². The molecule has 2 heterocycles. The van der Waals surface area contributed by atoms with E-state index in [-0.39, 0.29) is 5.69 Å². The molecule has 0 bridgehead atoms. The van der Waals surface area contributed by atoms with Gasteiger partial charge in [-0.2, -0.15) is 4.98 Å². The van der Waals surface area contributed by atoms with E-state index in [1.54, 1.807) is 22.4 Å². The molecule has 4 aromatic rings. The van der Waals surface area contributed by atoms with Crippen molar-refractivity contribution in [3.05, 3.63) is 76.3 Å². The number of rotatable bonds is 7. The average molecular weight is 415 g/mol. The summed E-state index contributed by atoms with van der Waals surface area (Å²) in [6.45, 7) is 2.48. The Morgan fingerprint density at radius 1 is 1.16 bits per heavy atom. The van der Waals surface area contributed by atoms with Gasteiger partial charge in [-0.25, -0.2) is 14.3 Å². The third-order valence-corrected chi connectivity index (χ3v) is 5.68. The van der Waals surface area contributed by atoms with Crippen LogP contribution >= 0.6 is 0 Å². The van der Waals surface area contributed by atoms with Crippen LogP contribution in [0.2, 0.25) is 0 Å². The van der Waals surface area contributed by atoms with Gasteiger partial charge in [-0.15, -0.1) is 0 Å². The maximum atomic E-state index is 13.6. The molecule has 1 aliphatic rings. The van der Waals surface area contributed by atoms with Crippen molar-refractivity contribution in [3.63, 3.8) is 0 Å². The van der Waals surface area contributed by atoms with Gasteiger partial charge in [0.2, 0.25) is 5.95 Å². The van der Waals surface area contributed by atoms with E-state index in [1.807, 2.05) is 42.5 Å². The van der Waals surface area contributed by atoms with Crippen LogP contribution in [0.25, 0.3) is 16.9 Å². The summed E-state index contributed by atoms with van der Waals surface area (Å²) < 4.78 is 8.90. The number of nitrogens with one attached hydrogen (secondary N) is 1. The van der Waals surface area contributed by atoms with Crippen molar-refractivity contribution in [2.24, 2.45) is 0 Å². The number of methoxy groups -OCH3 is 1. The normalized spacial score (nSPS) is 13.5. The van der Waals surface area contributed by atoms with E-state index in [9.17, 15) is 4.79 Å². The van der Waals surface area contributed by atoms with Crippen LogP contribution in [0.15, 0.2) is 59.5 Å². The van der Waals surface area contributed by atoms with E-state index in [0.717, 1.165) is 36.3 Å². The molecule has 0 aliphatic heterocycles. The maximum Gasteiger partial charge on any atom is 0.335 e. The van der Waals surface area contributed by atoms with Crippen LogP contribution in [0, 0.1) is 0 Å². The number of benzene rings is 2. The Labute approximate surface area is 180 Å². The van der Waals surface area contributed by atoms with E-state index in [0.29, 0.717) is 29.7 Å². The fraction of sp³-hybridized carbons (Fsp3) is 0.292. The standard InChI is InChI=1S/C24H25N5O2/c1-3-16-7-6-9-19(13-16)29-22-20(14-25-23(27-22)26-18-11-12-18)28(24(29)30)15-17-8-4-5-10-21(17)31-2/h4-10,13-14,18H,3,11-12,15H2,1-2H3,(H,25,26,27). The third kappa shape index (κ3) is 3.67. The molecule has 5 rings (SSSR count). The van der Waals surface area contributed by atoms with Crippen LogP contribution in [-0.2, 0) is 13.0 Å². The molecule has 0 radical (unpaired) electrons. The highest BCUT2D eigenvalue weighted by Crippen LogP contribution is 2.25. The molecule has 7 heteroatoms. The Bertz CT molecular complexity index is 1300. The van der Waals surface area contributed by atoms with Crippen molar-refractivity contribution >= 4 is 17.1 Å². The van der Waals surface area contributed by atoms with E-state index in [1.165, 1.54) is 5.56 Å². The molecule has 0 atom stereocenters. The van der Waals surface area contributed by atoms with Gasteiger partial charge in [0.25, 0.3) is 0 Å². The lowest BCUT2D eigenvalue weighted by molar-refractivity contribution is 0.408. The number of para-hydroxylation sites is 1. The Kier molecular flexibility index (Phi) is 4.94. The Hall–Kier alpha value is -3.61. The first-order valence-corrected chi connectivity index (χ1v) is 10.6. The minimum Gasteiger partial charge on any atom is -0.496 e. The summed E-state index contributed by atoms with van der Waals surface area (Å²) in [4.78, 5) is 22.9. The van der Waals surface area contributed by atoms with Crippen molar-refractivity contribution in [2.45, 2.75) is 38.8 Å². The minimum atomic E-state index is -0.146. The van der Waals surface area contributed by atoms with Crippen molar-refractivity contribution in [2.75, 3.05) is 12.4 Å². The quantitative estimate of drug-likeness (QED) is 0.497. The lowest BCUT2D eigenvalue weighted by atomic mass is 10.1. The zero-order chi connectivity index (χ0) is 21.4. The lowest BCUT2D eigenvalue weighted by Crippen LogP contribution is -2.24. The number of aromatic nitrogens is 4. The molecule has 2 aromatic heterocycles. The van der Waals surface area contributed by atoms with Gasteiger partial charge in [0, 0.05) is 11.6 Å². The van der Waals surface area contributed by atoms with E-state index < -0.39 is 0 Å². The van der Waals surface area contributed by atoms with E-state index in [2.05, 4.69) is 23.3 Å². The van der Waals surface area contributed by atoms with Crippen LogP contribution in [-0.4, -0.2) is 32.3 Å². The monoisotopic (exact) mass is 415 g/mol. The Morgan fingerprint density at radius 2 is 2.00 bits per heavy atom. The van der Waals surface area contributed by atoms with E-state index >= 15 is 0 Å². The highest BCUT2D eigenvalue weighted by molar-refractivity contribution is 5.74. The fourth-order valence-electron chi connectivity index (χ4n) is 3.82. The molecular formula is C24H25N5O2. The van der Waals surface area contributed by atoms with Gasteiger partial charge in [-0.1, -0.05) is 37.3 Å². The number of hydrogen-bond donors (Lipinski definition) is 1. The number of fused-ring (bicyclic) bond motifs is 1. The molecule has 1 saturated carbocycles. The maximum absolute atomic E-state index is 13.6. The predicted molar refractivity (Wildman–Crippen MR) is 121 cm³/mol. The number of hydrogen-bond acceptors (Lipinski definition) is 5. The summed E-state index contributed by atoms with van der Waals surface area (Å²) in [5.74, 6) is 1.31. The molecule has 0 unspecified atom stereocenters. The average Bonchev–Trinajstić information content (AvgIpc) is 3.58. The summed E-state index contributed by atoms with van der Waals surface area (Å²) in [7, 11) is 1.64. The first kappa shape index (κ1) is 19.4. The predicted octanol–water partition coefficient (Wildman–Crippen LogP) is 3.78. The molecule has 1 N–H and O–H groups in total. The fourth-order valence-corrected chi connectivity index (χ4v) is 3.82. The van der Waals surface area contributed by atoms with Crippen molar-refractivity contribution < 1.29 is 4.74 Å². The van der Waals surface area contributed by atoms with Gasteiger partial charge < -0.3 is 10.1 Å². The molecule has 1 fully saturated rings. The topological polar surface area (TPSA) is 74.0 Å². The SMILES string of the molecule is CCc1cccc(-n2c(=O)n(Cc3ccccc3OC)c3cnc(NC4CC4)nc32)c1.